The molecule has 0 fully saturated rings. The topological polar surface area (TPSA) is 63.1 Å². The van der Waals surface area contributed by atoms with Crippen LogP contribution in [0.1, 0.15) is 5.69 Å². The lowest BCUT2D eigenvalue weighted by atomic mass is 10.0. The molecule has 0 saturated heterocycles. The lowest BCUT2D eigenvalue weighted by Crippen LogP contribution is -2.19. The number of fused-ring (bicyclic) bond motifs is 2. The van der Waals surface area contributed by atoms with Gasteiger partial charge < -0.3 is 4.98 Å². The number of aromatic amines is 1. The first kappa shape index (κ1) is 15.5. The Hall–Kier alpha value is -3.73. The molecule has 0 aliphatic carbocycles. The first-order valence-corrected chi connectivity index (χ1v) is 8.74. The van der Waals surface area contributed by atoms with Crippen LogP contribution in [0.15, 0.2) is 77.7 Å². The summed E-state index contributed by atoms with van der Waals surface area (Å²) in [4.78, 5) is 20.9. The lowest BCUT2D eigenvalue weighted by Gasteiger charge is -2.07. The van der Waals surface area contributed by atoms with Gasteiger partial charge in [0.05, 0.1) is 16.8 Å². The lowest BCUT2D eigenvalue weighted by molar-refractivity contribution is 0.897. The minimum Gasteiger partial charge on any atom is -0.343 e. The first-order chi connectivity index (χ1) is 13.2. The fourth-order valence-electron chi connectivity index (χ4n) is 3.47. The SMILES string of the molecule is Cc1[nH]c2cc(-c3ccccc3)nn2c(=O)c1-c1ccc2ncccc2c1. The molecule has 27 heavy (non-hydrogen) atoms. The molecule has 0 saturated carbocycles. The van der Waals surface area contributed by atoms with Crippen LogP contribution in [0.4, 0.5) is 0 Å². The minimum atomic E-state index is -0.133. The highest BCUT2D eigenvalue weighted by Crippen LogP contribution is 2.24. The molecule has 0 radical (unpaired) electrons. The molecule has 5 heteroatoms. The van der Waals surface area contributed by atoms with Crippen LogP contribution in [0.5, 0.6) is 0 Å². The smallest absolute Gasteiger partial charge is 0.282 e. The molecule has 3 aromatic heterocycles. The Bertz CT molecular complexity index is 1350. The number of benzene rings is 2. The Morgan fingerprint density at radius 1 is 0.926 bits per heavy atom. The zero-order chi connectivity index (χ0) is 18.4. The summed E-state index contributed by atoms with van der Waals surface area (Å²) >= 11 is 0. The molecule has 0 unspecified atom stereocenters. The third-order valence-electron chi connectivity index (χ3n) is 4.77. The molecule has 3 heterocycles. The van der Waals surface area contributed by atoms with E-state index in [0.717, 1.165) is 33.4 Å². The van der Waals surface area contributed by atoms with Gasteiger partial charge in [-0.1, -0.05) is 42.5 Å². The van der Waals surface area contributed by atoms with Crippen molar-refractivity contribution in [3.63, 3.8) is 0 Å². The number of aryl methyl sites for hydroxylation is 1. The summed E-state index contributed by atoms with van der Waals surface area (Å²) in [5.74, 6) is 0. The van der Waals surface area contributed by atoms with Crippen molar-refractivity contribution in [1.29, 1.82) is 0 Å². The van der Waals surface area contributed by atoms with Crippen LogP contribution in [0.25, 0.3) is 38.9 Å². The number of nitrogens with zero attached hydrogens (tertiary/aromatic N) is 3. The van der Waals surface area contributed by atoms with Gasteiger partial charge >= 0.3 is 0 Å². The van der Waals surface area contributed by atoms with Gasteiger partial charge in [-0.25, -0.2) is 0 Å². The van der Waals surface area contributed by atoms with E-state index in [-0.39, 0.29) is 5.56 Å². The zero-order valence-electron chi connectivity index (χ0n) is 14.7. The number of aromatic nitrogens is 4. The van der Waals surface area contributed by atoms with Gasteiger partial charge in [0, 0.05) is 28.9 Å². The predicted octanol–water partition coefficient (Wildman–Crippen LogP) is 4.21. The maximum absolute atomic E-state index is 13.2. The summed E-state index contributed by atoms with van der Waals surface area (Å²) in [6.45, 7) is 1.92. The molecule has 1 N–H and O–H groups in total. The summed E-state index contributed by atoms with van der Waals surface area (Å²) < 4.78 is 1.44. The second kappa shape index (κ2) is 5.92. The molecule has 5 aromatic rings. The van der Waals surface area contributed by atoms with Crippen molar-refractivity contribution in [2.45, 2.75) is 6.92 Å². The molecule has 5 nitrogen and oxygen atoms in total. The van der Waals surface area contributed by atoms with E-state index in [9.17, 15) is 4.79 Å². The molecule has 0 bridgehead atoms. The van der Waals surface area contributed by atoms with Crippen LogP contribution < -0.4 is 5.56 Å². The van der Waals surface area contributed by atoms with E-state index < -0.39 is 0 Å². The largest absolute Gasteiger partial charge is 0.343 e. The second-order valence-electron chi connectivity index (χ2n) is 6.53. The summed E-state index contributed by atoms with van der Waals surface area (Å²) in [6, 6.07) is 21.5. The summed E-state index contributed by atoms with van der Waals surface area (Å²) in [7, 11) is 0. The van der Waals surface area contributed by atoms with E-state index >= 15 is 0 Å². The van der Waals surface area contributed by atoms with Gasteiger partial charge in [-0.15, -0.1) is 0 Å². The van der Waals surface area contributed by atoms with Crippen LogP contribution >= 0.6 is 0 Å². The maximum Gasteiger partial charge on any atom is 0.282 e. The molecule has 2 aromatic carbocycles. The van der Waals surface area contributed by atoms with E-state index in [4.69, 9.17) is 0 Å². The van der Waals surface area contributed by atoms with Crippen LogP contribution in [-0.2, 0) is 0 Å². The monoisotopic (exact) mass is 352 g/mol. The summed E-state index contributed by atoms with van der Waals surface area (Å²) in [6.07, 6.45) is 1.76. The number of H-pyrrole nitrogens is 1. The van der Waals surface area contributed by atoms with Gasteiger partial charge in [0.2, 0.25) is 0 Å². The molecule has 5 rings (SSSR count). The normalized spacial score (nSPS) is 11.3. The van der Waals surface area contributed by atoms with Crippen molar-refractivity contribution >= 4 is 16.6 Å². The van der Waals surface area contributed by atoms with Gasteiger partial charge in [0.25, 0.3) is 5.56 Å². The fourth-order valence-corrected chi connectivity index (χ4v) is 3.47. The minimum absolute atomic E-state index is 0.133. The van der Waals surface area contributed by atoms with Crippen LogP contribution in [-0.4, -0.2) is 19.6 Å². The van der Waals surface area contributed by atoms with Crippen LogP contribution in [0.3, 0.4) is 0 Å². The van der Waals surface area contributed by atoms with Gasteiger partial charge in [-0.05, 0) is 30.7 Å². The van der Waals surface area contributed by atoms with Crippen molar-refractivity contribution in [1.82, 2.24) is 19.6 Å². The molecule has 0 aliphatic heterocycles. The van der Waals surface area contributed by atoms with Crippen molar-refractivity contribution < 1.29 is 0 Å². The molecule has 0 spiro atoms. The quantitative estimate of drug-likeness (QED) is 0.517. The zero-order valence-corrected chi connectivity index (χ0v) is 14.7. The third kappa shape index (κ3) is 2.52. The number of pyridine rings is 1. The fraction of sp³-hybridized carbons (Fsp3) is 0.0455. The number of hydrogen-bond acceptors (Lipinski definition) is 3. The van der Waals surface area contributed by atoms with Crippen molar-refractivity contribution in [3.8, 4) is 22.4 Å². The highest BCUT2D eigenvalue weighted by Gasteiger charge is 2.14. The Kier molecular flexibility index (Phi) is 3.40. The van der Waals surface area contributed by atoms with Crippen LogP contribution in [0, 0.1) is 6.92 Å². The third-order valence-corrected chi connectivity index (χ3v) is 4.77. The second-order valence-corrected chi connectivity index (χ2v) is 6.53. The van der Waals surface area contributed by atoms with Gasteiger partial charge in [0.1, 0.15) is 5.65 Å². The van der Waals surface area contributed by atoms with E-state index in [0.29, 0.717) is 11.2 Å². The highest BCUT2D eigenvalue weighted by atomic mass is 16.1. The van der Waals surface area contributed by atoms with E-state index in [1.165, 1.54) is 4.52 Å². The number of hydrogen-bond donors (Lipinski definition) is 1. The predicted molar refractivity (Wildman–Crippen MR) is 107 cm³/mol. The average Bonchev–Trinajstić information content (AvgIpc) is 3.13. The van der Waals surface area contributed by atoms with Crippen LogP contribution in [0.2, 0.25) is 0 Å². The van der Waals surface area contributed by atoms with Gasteiger partial charge in [0.15, 0.2) is 0 Å². The first-order valence-electron chi connectivity index (χ1n) is 8.74. The Morgan fingerprint density at radius 3 is 2.63 bits per heavy atom. The van der Waals surface area contributed by atoms with E-state index in [2.05, 4.69) is 15.1 Å². The van der Waals surface area contributed by atoms with Gasteiger partial charge in [-0.2, -0.15) is 9.61 Å². The Labute approximate surface area is 154 Å². The van der Waals surface area contributed by atoms with E-state index in [1.54, 1.807) is 6.20 Å². The molecular formula is C22H16N4O. The summed E-state index contributed by atoms with van der Waals surface area (Å²) in [5, 5.41) is 5.53. The summed E-state index contributed by atoms with van der Waals surface area (Å²) in [5.41, 5.74) is 5.49. The highest BCUT2D eigenvalue weighted by molar-refractivity contribution is 5.84. The van der Waals surface area contributed by atoms with Crippen molar-refractivity contribution in [2.24, 2.45) is 0 Å². The van der Waals surface area contributed by atoms with Crippen molar-refractivity contribution in [3.05, 3.63) is 89.0 Å². The van der Waals surface area contributed by atoms with E-state index in [1.807, 2.05) is 73.7 Å². The molecular weight excluding hydrogens is 336 g/mol. The molecule has 130 valence electrons. The molecule has 0 amide bonds. The van der Waals surface area contributed by atoms with Gasteiger partial charge in [-0.3, -0.25) is 9.78 Å². The number of nitrogens with one attached hydrogen (secondary N) is 1. The standard InChI is InChI=1S/C22H16N4O/c1-14-21(17-9-10-18-16(12-17)8-5-11-23-18)22(27)26-20(24-14)13-19(25-26)15-6-3-2-4-7-15/h2-13,24H,1H3. The number of rotatable bonds is 2. The Morgan fingerprint density at radius 2 is 1.78 bits per heavy atom. The average molecular weight is 352 g/mol. The van der Waals surface area contributed by atoms with Crippen molar-refractivity contribution in [2.75, 3.05) is 0 Å². The maximum atomic E-state index is 13.2. The molecule has 0 aliphatic rings. The Balaban J connectivity index is 1.73. The molecule has 0 atom stereocenters.